The molecule has 0 bridgehead atoms. The third-order valence-corrected chi connectivity index (χ3v) is 4.79. The Bertz CT molecular complexity index is 983. The van der Waals surface area contributed by atoms with Crippen LogP contribution in [0, 0.1) is 15.0 Å². The van der Waals surface area contributed by atoms with E-state index in [0.717, 1.165) is 5.01 Å². The highest BCUT2D eigenvalue weighted by molar-refractivity contribution is 6.00. The maximum Gasteiger partial charge on any atom is 0.337 e. The van der Waals surface area contributed by atoms with Crippen LogP contribution < -0.4 is 0 Å². The third-order valence-electron chi connectivity index (χ3n) is 4.79. The Labute approximate surface area is 184 Å². The second-order valence-corrected chi connectivity index (χ2v) is 7.26. The average molecular weight is 447 g/mol. The van der Waals surface area contributed by atoms with Crippen LogP contribution in [0.4, 0.5) is 5.69 Å². The van der Waals surface area contributed by atoms with Gasteiger partial charge in [-0.1, -0.05) is 12.1 Å². The van der Waals surface area contributed by atoms with E-state index < -0.39 is 28.9 Å². The lowest BCUT2D eigenvalue weighted by Crippen LogP contribution is -2.34. The van der Waals surface area contributed by atoms with Gasteiger partial charge in [0.2, 0.25) is 0 Å². The predicted octanol–water partition coefficient (Wildman–Crippen LogP) is 3.36. The standard InChI is InChI=1S/C21H25N3O8/c1-12(2)32-21(26)18-14(4)23(22-27)13(3)17(20(25)31-10-9-30-5)19(18)15-7-6-8-16(11-15)24(28)29/h6-8,11-12,19H,9-10H2,1-5H3. The molecule has 0 saturated carbocycles. The summed E-state index contributed by atoms with van der Waals surface area (Å²) in [5.41, 5.74) is 0.256. The van der Waals surface area contributed by atoms with E-state index in [0.29, 0.717) is 0 Å². The minimum Gasteiger partial charge on any atom is -0.460 e. The summed E-state index contributed by atoms with van der Waals surface area (Å²) >= 11 is 0. The summed E-state index contributed by atoms with van der Waals surface area (Å²) in [6, 6.07) is 5.55. The number of rotatable bonds is 9. The number of carbonyl (C=O) groups excluding carboxylic acids is 2. The first-order valence-electron chi connectivity index (χ1n) is 9.80. The lowest BCUT2D eigenvalue weighted by atomic mass is 9.80. The molecule has 1 unspecified atom stereocenters. The van der Waals surface area contributed by atoms with E-state index in [4.69, 9.17) is 14.2 Å². The van der Waals surface area contributed by atoms with E-state index in [-0.39, 0.29) is 47.0 Å². The predicted molar refractivity (Wildman–Crippen MR) is 113 cm³/mol. The van der Waals surface area contributed by atoms with Gasteiger partial charge in [0.15, 0.2) is 0 Å². The fourth-order valence-corrected chi connectivity index (χ4v) is 3.42. The number of esters is 2. The SMILES string of the molecule is COCCOC(=O)C1=C(C)N(N=O)C(C)=C(C(=O)OC(C)C)C1c1cccc([N+](=O)[O-])c1. The fourth-order valence-electron chi connectivity index (χ4n) is 3.42. The lowest BCUT2D eigenvalue weighted by Gasteiger charge is -2.33. The molecule has 11 heteroatoms. The van der Waals surface area contributed by atoms with Crippen molar-refractivity contribution < 1.29 is 28.7 Å². The molecule has 0 spiro atoms. The Hall–Kier alpha value is -3.60. The molecule has 172 valence electrons. The number of ether oxygens (including phenoxy) is 3. The number of carbonyl (C=O) groups is 2. The molecular weight excluding hydrogens is 422 g/mol. The van der Waals surface area contributed by atoms with Crippen molar-refractivity contribution in [3.05, 3.63) is 67.4 Å². The Balaban J connectivity index is 2.74. The Morgan fingerprint density at radius 3 is 2.31 bits per heavy atom. The van der Waals surface area contributed by atoms with Gasteiger partial charge in [-0.2, -0.15) is 0 Å². The molecule has 32 heavy (non-hydrogen) atoms. The molecule has 0 radical (unpaired) electrons. The largest absolute Gasteiger partial charge is 0.460 e. The molecule has 2 rings (SSSR count). The number of hydrogen-bond acceptors (Lipinski definition) is 9. The second kappa shape index (κ2) is 10.6. The van der Waals surface area contributed by atoms with Gasteiger partial charge in [-0.3, -0.25) is 10.1 Å². The van der Waals surface area contributed by atoms with E-state index in [1.165, 1.54) is 39.2 Å². The van der Waals surface area contributed by atoms with Crippen LogP contribution in [0.2, 0.25) is 0 Å². The van der Waals surface area contributed by atoms with Crippen LogP contribution in [0.15, 0.2) is 52.1 Å². The van der Waals surface area contributed by atoms with Crippen molar-refractivity contribution in [3.8, 4) is 0 Å². The van der Waals surface area contributed by atoms with Gasteiger partial charge in [0.1, 0.15) is 6.61 Å². The number of allylic oxidation sites excluding steroid dienone is 2. The smallest absolute Gasteiger partial charge is 0.337 e. The first kappa shape index (κ1) is 24.7. The minimum absolute atomic E-state index is 0.0388. The topological polar surface area (TPSA) is 138 Å². The van der Waals surface area contributed by atoms with E-state index in [1.807, 2.05) is 0 Å². The first-order valence-corrected chi connectivity index (χ1v) is 9.80. The molecule has 0 fully saturated rings. The molecule has 0 saturated heterocycles. The van der Waals surface area contributed by atoms with Gasteiger partial charge in [-0.25, -0.2) is 14.6 Å². The van der Waals surface area contributed by atoms with Crippen molar-refractivity contribution in [2.45, 2.75) is 39.7 Å². The number of nitroso groups, excluding NO2 is 1. The van der Waals surface area contributed by atoms with Gasteiger partial charge in [0, 0.05) is 19.2 Å². The molecule has 0 aliphatic carbocycles. The van der Waals surface area contributed by atoms with E-state index in [2.05, 4.69) is 5.29 Å². The second-order valence-electron chi connectivity index (χ2n) is 7.26. The van der Waals surface area contributed by atoms with Crippen molar-refractivity contribution in [1.29, 1.82) is 0 Å². The van der Waals surface area contributed by atoms with Crippen molar-refractivity contribution in [2.24, 2.45) is 5.29 Å². The molecule has 0 amide bonds. The van der Waals surface area contributed by atoms with Gasteiger partial charge in [0.25, 0.3) is 5.69 Å². The van der Waals surface area contributed by atoms with E-state index >= 15 is 0 Å². The molecule has 1 heterocycles. The zero-order chi connectivity index (χ0) is 24.0. The normalized spacial score (nSPS) is 16.3. The number of non-ortho nitro benzene ring substituents is 1. The first-order chi connectivity index (χ1) is 15.1. The maximum absolute atomic E-state index is 13.0. The van der Waals surface area contributed by atoms with Crippen molar-refractivity contribution in [3.63, 3.8) is 0 Å². The summed E-state index contributed by atoms with van der Waals surface area (Å²) < 4.78 is 15.5. The summed E-state index contributed by atoms with van der Waals surface area (Å²) in [6.07, 6.45) is -0.490. The van der Waals surface area contributed by atoms with Crippen LogP contribution in [0.1, 0.15) is 39.2 Å². The van der Waals surface area contributed by atoms with E-state index in [9.17, 15) is 24.6 Å². The monoisotopic (exact) mass is 447 g/mol. The molecule has 1 aromatic carbocycles. The highest BCUT2D eigenvalue weighted by Gasteiger charge is 2.42. The Morgan fingerprint density at radius 1 is 1.16 bits per heavy atom. The van der Waals surface area contributed by atoms with Crippen LogP contribution >= 0.6 is 0 Å². The van der Waals surface area contributed by atoms with Gasteiger partial charge < -0.3 is 14.2 Å². The number of nitro benzene ring substituents is 1. The van der Waals surface area contributed by atoms with Crippen LogP contribution in [0.25, 0.3) is 0 Å². The number of methoxy groups -OCH3 is 1. The number of nitrogens with zero attached hydrogens (tertiary/aromatic N) is 3. The molecule has 0 N–H and O–H groups in total. The molecule has 1 aromatic rings. The number of hydrogen-bond donors (Lipinski definition) is 0. The van der Waals surface area contributed by atoms with E-state index in [1.54, 1.807) is 19.9 Å². The summed E-state index contributed by atoms with van der Waals surface area (Å²) in [6.45, 7) is 6.32. The van der Waals surface area contributed by atoms with Crippen LogP contribution in [-0.4, -0.2) is 48.3 Å². The number of benzene rings is 1. The third kappa shape index (κ3) is 5.17. The molecule has 0 aromatic heterocycles. The van der Waals surface area contributed by atoms with Gasteiger partial charge >= 0.3 is 11.9 Å². The van der Waals surface area contributed by atoms with Crippen molar-refractivity contribution >= 4 is 17.6 Å². The molecule has 1 aliphatic heterocycles. The van der Waals surface area contributed by atoms with Gasteiger partial charge in [0.05, 0.1) is 51.4 Å². The minimum atomic E-state index is -1.07. The van der Waals surface area contributed by atoms with Crippen LogP contribution in [0.5, 0.6) is 0 Å². The Kier molecular flexibility index (Phi) is 8.19. The summed E-state index contributed by atoms with van der Waals surface area (Å²) in [4.78, 5) is 48.4. The van der Waals surface area contributed by atoms with Crippen LogP contribution in [-0.2, 0) is 23.8 Å². The fraction of sp³-hybridized carbons (Fsp3) is 0.429. The zero-order valence-corrected chi connectivity index (χ0v) is 18.5. The van der Waals surface area contributed by atoms with Gasteiger partial charge in [-0.05, 0) is 33.3 Å². The maximum atomic E-state index is 13.0. The number of nitro groups is 1. The summed E-state index contributed by atoms with van der Waals surface area (Å²) in [5.74, 6) is -2.67. The quantitative estimate of drug-likeness (QED) is 0.183. The summed E-state index contributed by atoms with van der Waals surface area (Å²) in [7, 11) is 1.44. The van der Waals surface area contributed by atoms with Crippen molar-refractivity contribution in [1.82, 2.24) is 5.01 Å². The van der Waals surface area contributed by atoms with Crippen molar-refractivity contribution in [2.75, 3.05) is 20.3 Å². The lowest BCUT2D eigenvalue weighted by molar-refractivity contribution is -0.384. The Morgan fingerprint density at radius 2 is 1.78 bits per heavy atom. The van der Waals surface area contributed by atoms with Crippen LogP contribution in [0.3, 0.4) is 0 Å². The molecule has 1 aliphatic rings. The highest BCUT2D eigenvalue weighted by Crippen LogP contribution is 2.43. The van der Waals surface area contributed by atoms with Gasteiger partial charge in [-0.15, -0.1) is 4.91 Å². The average Bonchev–Trinajstić information content (AvgIpc) is 2.73. The zero-order valence-electron chi connectivity index (χ0n) is 18.5. The molecule has 11 nitrogen and oxygen atoms in total. The highest BCUT2D eigenvalue weighted by atomic mass is 16.6. The molecular formula is C21H25N3O8. The molecule has 1 atom stereocenters. The summed E-state index contributed by atoms with van der Waals surface area (Å²) in [5, 5.41) is 15.2.